The number of hydrogen-bond donors (Lipinski definition) is 0. The molecule has 3 aromatic carbocycles. The Morgan fingerprint density at radius 3 is 2.54 bits per heavy atom. The molecule has 0 aliphatic rings. The minimum absolute atomic E-state index is 0.182. The van der Waals surface area contributed by atoms with Crippen LogP contribution in [0.3, 0.4) is 0 Å². The van der Waals surface area contributed by atoms with Gasteiger partial charge in [-0.25, -0.2) is 4.98 Å². The van der Waals surface area contributed by atoms with Gasteiger partial charge in [-0.2, -0.15) is 0 Å². The summed E-state index contributed by atoms with van der Waals surface area (Å²) in [4.78, 5) is 34.0. The SMILES string of the molecule is COCCN(C(=O)c1ccc(Br)cc1)C(C)c1nc2ccccc2c(=O)n1-c1cccc(Cl)c1C. The predicted octanol–water partition coefficient (Wildman–Crippen LogP) is 5.96. The first-order chi connectivity index (χ1) is 16.8. The first-order valence-electron chi connectivity index (χ1n) is 11.2. The molecule has 1 heterocycles. The van der Waals surface area contributed by atoms with E-state index in [9.17, 15) is 9.59 Å². The zero-order valence-corrected chi connectivity index (χ0v) is 22.0. The van der Waals surface area contributed by atoms with Crippen molar-refractivity contribution in [2.45, 2.75) is 19.9 Å². The molecular weight excluding hydrogens is 530 g/mol. The highest BCUT2D eigenvalue weighted by molar-refractivity contribution is 9.10. The Bertz CT molecular complexity index is 1440. The van der Waals surface area contributed by atoms with Crippen molar-refractivity contribution in [3.05, 3.63) is 104 Å². The van der Waals surface area contributed by atoms with Gasteiger partial charge < -0.3 is 9.64 Å². The molecule has 35 heavy (non-hydrogen) atoms. The first-order valence-corrected chi connectivity index (χ1v) is 12.3. The van der Waals surface area contributed by atoms with Gasteiger partial charge in [-0.1, -0.05) is 45.7 Å². The van der Waals surface area contributed by atoms with Crippen molar-refractivity contribution in [1.82, 2.24) is 14.5 Å². The average molecular weight is 555 g/mol. The van der Waals surface area contributed by atoms with Crippen molar-refractivity contribution >= 4 is 44.3 Å². The maximum atomic E-state index is 13.8. The van der Waals surface area contributed by atoms with E-state index in [0.29, 0.717) is 46.2 Å². The lowest BCUT2D eigenvalue weighted by Gasteiger charge is -2.31. The number of benzene rings is 3. The molecule has 4 aromatic rings. The number of ether oxygens (including phenoxy) is 1. The van der Waals surface area contributed by atoms with Crippen molar-refractivity contribution in [1.29, 1.82) is 0 Å². The maximum absolute atomic E-state index is 13.8. The Morgan fingerprint density at radius 1 is 1.11 bits per heavy atom. The van der Waals surface area contributed by atoms with Crippen LogP contribution in [-0.2, 0) is 4.74 Å². The van der Waals surface area contributed by atoms with E-state index in [-0.39, 0.29) is 11.5 Å². The second-order valence-electron chi connectivity index (χ2n) is 8.19. The molecule has 0 aliphatic heterocycles. The molecular formula is C27H25BrClN3O3. The molecule has 1 atom stereocenters. The van der Waals surface area contributed by atoms with E-state index < -0.39 is 6.04 Å². The number of carbonyl (C=O) groups is 1. The van der Waals surface area contributed by atoms with Gasteiger partial charge >= 0.3 is 0 Å². The summed E-state index contributed by atoms with van der Waals surface area (Å²) in [5.41, 5.74) is 2.27. The molecule has 0 aliphatic carbocycles. The average Bonchev–Trinajstić information content (AvgIpc) is 2.86. The summed E-state index contributed by atoms with van der Waals surface area (Å²) in [6.45, 7) is 4.40. The zero-order chi connectivity index (χ0) is 25.1. The van der Waals surface area contributed by atoms with Crippen molar-refractivity contribution in [2.75, 3.05) is 20.3 Å². The smallest absolute Gasteiger partial charge is 0.266 e. The number of methoxy groups -OCH3 is 1. The Balaban J connectivity index is 1.93. The molecule has 4 rings (SSSR count). The fraction of sp³-hybridized carbons (Fsp3) is 0.222. The topological polar surface area (TPSA) is 64.4 Å². The summed E-state index contributed by atoms with van der Waals surface area (Å²) in [6, 6.07) is 19.3. The summed E-state index contributed by atoms with van der Waals surface area (Å²) in [5.74, 6) is 0.263. The van der Waals surface area contributed by atoms with E-state index in [2.05, 4.69) is 15.9 Å². The summed E-state index contributed by atoms with van der Waals surface area (Å²) in [5, 5.41) is 1.04. The standard InChI is InChI=1S/C27H25BrClN3O3/c1-17-22(29)8-6-10-24(17)32-25(30-23-9-5-4-7-21(23)27(32)34)18(2)31(15-16-35-3)26(33)19-11-13-20(28)14-12-19/h4-14,18H,15-16H2,1-3H3. The molecule has 0 spiro atoms. The molecule has 0 saturated heterocycles. The first kappa shape index (κ1) is 25.1. The predicted molar refractivity (Wildman–Crippen MR) is 143 cm³/mol. The van der Waals surface area contributed by atoms with Crippen LogP contribution < -0.4 is 5.56 Å². The van der Waals surface area contributed by atoms with Gasteiger partial charge in [0.05, 0.1) is 29.2 Å². The van der Waals surface area contributed by atoms with Gasteiger partial charge in [0, 0.05) is 28.7 Å². The van der Waals surface area contributed by atoms with Crippen LogP contribution in [0.25, 0.3) is 16.6 Å². The van der Waals surface area contributed by atoms with Gasteiger partial charge in [-0.05, 0) is 67.9 Å². The number of hydrogen-bond acceptors (Lipinski definition) is 4. The number of halogens is 2. The van der Waals surface area contributed by atoms with Crippen molar-refractivity contribution in [2.24, 2.45) is 0 Å². The van der Waals surface area contributed by atoms with Crippen LogP contribution in [0.15, 0.2) is 76.0 Å². The quantitative estimate of drug-likeness (QED) is 0.283. The van der Waals surface area contributed by atoms with Crippen LogP contribution >= 0.6 is 27.5 Å². The summed E-state index contributed by atoms with van der Waals surface area (Å²) in [6.07, 6.45) is 0. The normalized spacial score (nSPS) is 12.0. The van der Waals surface area contributed by atoms with Crippen molar-refractivity contribution in [3.63, 3.8) is 0 Å². The summed E-state index contributed by atoms with van der Waals surface area (Å²) < 4.78 is 7.75. The molecule has 1 unspecified atom stereocenters. The van der Waals surface area contributed by atoms with Crippen LogP contribution in [0.4, 0.5) is 0 Å². The largest absolute Gasteiger partial charge is 0.383 e. The Kier molecular flexibility index (Phi) is 7.69. The number of rotatable bonds is 7. The lowest BCUT2D eigenvalue weighted by Crippen LogP contribution is -2.39. The summed E-state index contributed by atoms with van der Waals surface area (Å²) in [7, 11) is 1.59. The molecule has 1 amide bonds. The van der Waals surface area contributed by atoms with Gasteiger partial charge in [-0.15, -0.1) is 0 Å². The van der Waals surface area contributed by atoms with E-state index in [1.54, 1.807) is 53.0 Å². The Labute approximate surface area is 217 Å². The number of carbonyl (C=O) groups excluding carboxylic acids is 1. The minimum atomic E-state index is -0.544. The number of amides is 1. The van der Waals surface area contributed by atoms with E-state index >= 15 is 0 Å². The van der Waals surface area contributed by atoms with Crippen LogP contribution in [0.1, 0.15) is 34.7 Å². The highest BCUT2D eigenvalue weighted by Gasteiger charge is 2.28. The van der Waals surface area contributed by atoms with E-state index in [4.69, 9.17) is 21.3 Å². The monoisotopic (exact) mass is 553 g/mol. The van der Waals surface area contributed by atoms with E-state index in [1.165, 1.54) is 0 Å². The van der Waals surface area contributed by atoms with Crippen molar-refractivity contribution in [3.8, 4) is 5.69 Å². The third kappa shape index (κ3) is 5.03. The van der Waals surface area contributed by atoms with Gasteiger partial charge in [-0.3, -0.25) is 14.2 Å². The number of nitrogens with zero attached hydrogens (tertiary/aromatic N) is 3. The van der Waals surface area contributed by atoms with Crippen LogP contribution in [0, 0.1) is 6.92 Å². The number of aromatic nitrogens is 2. The van der Waals surface area contributed by atoms with Crippen LogP contribution in [-0.4, -0.2) is 40.6 Å². The fourth-order valence-electron chi connectivity index (χ4n) is 4.06. The van der Waals surface area contributed by atoms with Gasteiger partial charge in [0.1, 0.15) is 5.82 Å². The molecule has 180 valence electrons. The van der Waals surface area contributed by atoms with Crippen molar-refractivity contribution < 1.29 is 9.53 Å². The lowest BCUT2D eigenvalue weighted by atomic mass is 10.1. The third-order valence-electron chi connectivity index (χ3n) is 6.01. The molecule has 6 nitrogen and oxygen atoms in total. The molecule has 0 N–H and O–H groups in total. The van der Waals surface area contributed by atoms with E-state index in [1.807, 2.05) is 44.2 Å². The van der Waals surface area contributed by atoms with Gasteiger partial charge in [0.2, 0.25) is 0 Å². The van der Waals surface area contributed by atoms with Crippen LogP contribution in [0.2, 0.25) is 5.02 Å². The third-order valence-corrected chi connectivity index (χ3v) is 6.95. The molecule has 0 fully saturated rings. The zero-order valence-electron chi connectivity index (χ0n) is 19.7. The van der Waals surface area contributed by atoms with Gasteiger partial charge in [0.15, 0.2) is 0 Å². The number of para-hydroxylation sites is 1. The minimum Gasteiger partial charge on any atom is -0.383 e. The molecule has 8 heteroatoms. The lowest BCUT2D eigenvalue weighted by molar-refractivity contribution is 0.0605. The maximum Gasteiger partial charge on any atom is 0.266 e. The highest BCUT2D eigenvalue weighted by atomic mass is 79.9. The number of fused-ring (bicyclic) bond motifs is 1. The fourth-order valence-corrected chi connectivity index (χ4v) is 4.49. The summed E-state index contributed by atoms with van der Waals surface area (Å²) >= 11 is 9.83. The van der Waals surface area contributed by atoms with Gasteiger partial charge in [0.25, 0.3) is 11.5 Å². The van der Waals surface area contributed by atoms with Crippen LogP contribution in [0.5, 0.6) is 0 Å². The molecule has 1 aromatic heterocycles. The van der Waals surface area contributed by atoms with E-state index in [0.717, 1.165) is 10.0 Å². The Hall–Kier alpha value is -3.00. The molecule has 0 saturated carbocycles. The molecule has 0 bridgehead atoms. The highest BCUT2D eigenvalue weighted by Crippen LogP contribution is 2.28. The Morgan fingerprint density at radius 2 is 1.83 bits per heavy atom. The second-order valence-corrected chi connectivity index (χ2v) is 9.51. The molecule has 0 radical (unpaired) electrons. The second kappa shape index (κ2) is 10.7.